The van der Waals surface area contributed by atoms with Crippen LogP contribution in [-0.2, 0) is 6.54 Å². The average Bonchev–Trinajstić information content (AvgIpc) is 2.63. The molecule has 0 aliphatic rings. The molecule has 0 spiro atoms. The fourth-order valence-electron chi connectivity index (χ4n) is 2.31. The first kappa shape index (κ1) is 18.5. The number of nitrogens with zero attached hydrogens (tertiary/aromatic N) is 1. The summed E-state index contributed by atoms with van der Waals surface area (Å²) in [4.78, 5) is 16.1. The van der Waals surface area contributed by atoms with Crippen LogP contribution in [0.1, 0.15) is 42.1 Å². The number of unbranched alkanes of at least 4 members (excludes halogenated alkanes) is 1. The molecule has 5 nitrogen and oxygen atoms in total. The van der Waals surface area contributed by atoms with Gasteiger partial charge in [-0.25, -0.2) is 4.98 Å². The molecule has 1 amide bonds. The first-order chi connectivity index (χ1) is 12.2. The van der Waals surface area contributed by atoms with Crippen molar-refractivity contribution >= 4 is 11.7 Å². The van der Waals surface area contributed by atoms with Crippen molar-refractivity contribution in [3.05, 3.63) is 65.9 Å². The number of nitrogens with one attached hydrogen (secondary N) is 1. The minimum Gasteiger partial charge on any atom is -0.494 e. The van der Waals surface area contributed by atoms with Gasteiger partial charge in [-0.1, -0.05) is 31.2 Å². The van der Waals surface area contributed by atoms with E-state index in [0.717, 1.165) is 30.6 Å². The maximum Gasteiger partial charge on any atom is 0.255 e. The topological polar surface area (TPSA) is 77.2 Å². The van der Waals surface area contributed by atoms with E-state index in [1.54, 1.807) is 18.3 Å². The van der Waals surface area contributed by atoms with E-state index in [9.17, 15) is 4.79 Å². The molecule has 25 heavy (non-hydrogen) atoms. The van der Waals surface area contributed by atoms with E-state index in [0.29, 0.717) is 18.7 Å². The highest BCUT2D eigenvalue weighted by Gasteiger charge is 2.09. The van der Waals surface area contributed by atoms with Crippen molar-refractivity contribution in [3.63, 3.8) is 0 Å². The Balaban J connectivity index is 1.82. The lowest BCUT2D eigenvalue weighted by Gasteiger charge is -2.09. The van der Waals surface area contributed by atoms with Crippen LogP contribution in [0, 0.1) is 0 Å². The number of amides is 1. The first-order valence-electron chi connectivity index (χ1n) is 8.56. The second kappa shape index (κ2) is 10.1. The van der Waals surface area contributed by atoms with Crippen molar-refractivity contribution in [2.45, 2.75) is 32.7 Å². The summed E-state index contributed by atoms with van der Waals surface area (Å²) < 4.78 is 5.76. The van der Waals surface area contributed by atoms with Gasteiger partial charge in [0.15, 0.2) is 0 Å². The maximum atomic E-state index is 12.2. The molecule has 0 unspecified atom stereocenters. The fraction of sp³-hybridized carbons (Fsp3) is 0.300. The van der Waals surface area contributed by atoms with Gasteiger partial charge in [-0.3, -0.25) is 4.79 Å². The number of benzene rings is 1. The maximum absolute atomic E-state index is 12.2. The molecule has 0 saturated carbocycles. The van der Waals surface area contributed by atoms with E-state index in [1.807, 2.05) is 24.3 Å². The molecule has 0 saturated heterocycles. The van der Waals surface area contributed by atoms with Gasteiger partial charge in [-0.15, -0.1) is 0 Å². The number of pyridine rings is 1. The number of allylic oxidation sites excluding steroid dienone is 2. The van der Waals surface area contributed by atoms with Gasteiger partial charge in [0.25, 0.3) is 5.91 Å². The Hall–Kier alpha value is -2.82. The van der Waals surface area contributed by atoms with Crippen LogP contribution in [0.4, 0.5) is 5.82 Å². The summed E-state index contributed by atoms with van der Waals surface area (Å²) in [6.07, 6.45) is 8.98. The van der Waals surface area contributed by atoms with Crippen LogP contribution in [0.2, 0.25) is 0 Å². The zero-order valence-corrected chi connectivity index (χ0v) is 14.6. The molecule has 0 radical (unpaired) electrons. The van der Waals surface area contributed by atoms with E-state index in [-0.39, 0.29) is 11.7 Å². The van der Waals surface area contributed by atoms with Crippen molar-refractivity contribution in [3.8, 4) is 5.75 Å². The largest absolute Gasteiger partial charge is 0.494 e. The fourth-order valence-corrected chi connectivity index (χ4v) is 2.31. The molecule has 1 aromatic heterocycles. The van der Waals surface area contributed by atoms with E-state index in [4.69, 9.17) is 10.5 Å². The third-order valence-corrected chi connectivity index (χ3v) is 3.62. The quantitative estimate of drug-likeness (QED) is 0.539. The third kappa shape index (κ3) is 6.30. The number of nitrogen functional groups attached to an aromatic ring is 1. The summed E-state index contributed by atoms with van der Waals surface area (Å²) >= 11 is 0. The number of hydrogen-bond donors (Lipinski definition) is 2. The highest BCUT2D eigenvalue weighted by atomic mass is 16.5. The summed E-state index contributed by atoms with van der Waals surface area (Å²) in [5, 5.41) is 2.85. The molecule has 2 rings (SSSR count). The second-order valence-corrected chi connectivity index (χ2v) is 5.64. The Morgan fingerprint density at radius 2 is 2.16 bits per heavy atom. The van der Waals surface area contributed by atoms with E-state index >= 15 is 0 Å². The lowest BCUT2D eigenvalue weighted by atomic mass is 10.2. The number of ether oxygens (including phenoxy) is 1. The zero-order valence-electron chi connectivity index (χ0n) is 14.6. The van der Waals surface area contributed by atoms with Crippen LogP contribution in [0.5, 0.6) is 5.75 Å². The molecule has 3 N–H and O–H groups in total. The molecular weight excluding hydrogens is 314 g/mol. The summed E-state index contributed by atoms with van der Waals surface area (Å²) in [7, 11) is 0. The molecule has 1 heterocycles. The van der Waals surface area contributed by atoms with Crippen molar-refractivity contribution in [1.29, 1.82) is 0 Å². The van der Waals surface area contributed by atoms with Gasteiger partial charge < -0.3 is 15.8 Å². The Morgan fingerprint density at radius 3 is 2.96 bits per heavy atom. The predicted molar refractivity (Wildman–Crippen MR) is 100 cm³/mol. The van der Waals surface area contributed by atoms with Crippen molar-refractivity contribution in [2.24, 2.45) is 0 Å². The smallest absolute Gasteiger partial charge is 0.255 e. The molecule has 132 valence electrons. The SMILES string of the molecule is CCC=CCCCOc1cccc(CNC(=O)c2cccnc2N)c1. The van der Waals surface area contributed by atoms with Gasteiger partial charge in [0.05, 0.1) is 12.2 Å². The lowest BCUT2D eigenvalue weighted by Crippen LogP contribution is -2.24. The Labute approximate surface area is 148 Å². The van der Waals surface area contributed by atoms with E-state index in [2.05, 4.69) is 29.4 Å². The van der Waals surface area contributed by atoms with E-state index < -0.39 is 0 Å². The average molecular weight is 339 g/mol. The van der Waals surface area contributed by atoms with E-state index in [1.165, 1.54) is 0 Å². The summed E-state index contributed by atoms with van der Waals surface area (Å²) in [6, 6.07) is 11.1. The Morgan fingerprint density at radius 1 is 1.28 bits per heavy atom. The molecule has 2 aromatic rings. The molecule has 1 aromatic carbocycles. The lowest BCUT2D eigenvalue weighted by molar-refractivity contribution is 0.0951. The van der Waals surface area contributed by atoms with Gasteiger partial charge in [-0.05, 0) is 49.1 Å². The Bertz CT molecular complexity index is 714. The molecule has 0 aliphatic carbocycles. The third-order valence-electron chi connectivity index (χ3n) is 3.62. The van der Waals surface area contributed by atoms with Gasteiger partial charge in [-0.2, -0.15) is 0 Å². The summed E-state index contributed by atoms with van der Waals surface area (Å²) in [5.41, 5.74) is 7.07. The van der Waals surface area contributed by atoms with Gasteiger partial charge in [0.1, 0.15) is 11.6 Å². The minimum absolute atomic E-state index is 0.231. The standard InChI is InChI=1S/C20H25N3O2/c1-2-3-4-5-6-13-25-17-10-7-9-16(14-17)15-23-20(24)18-11-8-12-22-19(18)21/h3-4,7-12,14H,2,5-6,13,15H2,1H3,(H2,21,22)(H,23,24). The van der Waals surface area contributed by atoms with Crippen molar-refractivity contribution < 1.29 is 9.53 Å². The number of hydrogen-bond acceptors (Lipinski definition) is 4. The van der Waals surface area contributed by atoms with Crippen LogP contribution in [-0.4, -0.2) is 17.5 Å². The first-order valence-corrected chi connectivity index (χ1v) is 8.56. The van der Waals surface area contributed by atoms with Gasteiger partial charge in [0.2, 0.25) is 0 Å². The number of anilines is 1. The molecule has 0 bridgehead atoms. The van der Waals surface area contributed by atoms with Gasteiger partial charge >= 0.3 is 0 Å². The molecule has 0 aliphatic heterocycles. The van der Waals surface area contributed by atoms with Crippen LogP contribution < -0.4 is 15.8 Å². The van der Waals surface area contributed by atoms with Crippen LogP contribution in [0.25, 0.3) is 0 Å². The molecule has 0 atom stereocenters. The number of aromatic nitrogens is 1. The van der Waals surface area contributed by atoms with Crippen LogP contribution >= 0.6 is 0 Å². The Kier molecular flexibility index (Phi) is 7.50. The highest BCUT2D eigenvalue weighted by molar-refractivity contribution is 5.98. The number of carbonyl (C=O) groups excluding carboxylic acids is 1. The minimum atomic E-state index is -0.236. The monoisotopic (exact) mass is 339 g/mol. The molecule has 5 heteroatoms. The summed E-state index contributed by atoms with van der Waals surface area (Å²) in [5.74, 6) is 0.806. The zero-order chi connectivity index (χ0) is 17.9. The van der Waals surface area contributed by atoms with Crippen LogP contribution in [0.3, 0.4) is 0 Å². The highest BCUT2D eigenvalue weighted by Crippen LogP contribution is 2.14. The predicted octanol–water partition coefficient (Wildman–Crippen LogP) is 3.72. The van der Waals surface area contributed by atoms with Crippen molar-refractivity contribution in [2.75, 3.05) is 12.3 Å². The number of nitrogens with two attached hydrogens (primary N) is 1. The number of rotatable bonds is 9. The normalized spacial score (nSPS) is 10.8. The second-order valence-electron chi connectivity index (χ2n) is 5.64. The van der Waals surface area contributed by atoms with Gasteiger partial charge in [0, 0.05) is 12.7 Å². The van der Waals surface area contributed by atoms with Crippen LogP contribution in [0.15, 0.2) is 54.7 Å². The van der Waals surface area contributed by atoms with Crippen molar-refractivity contribution in [1.82, 2.24) is 10.3 Å². The summed E-state index contributed by atoms with van der Waals surface area (Å²) in [6.45, 7) is 3.21. The molecule has 0 fully saturated rings. The molecular formula is C20H25N3O2. The number of carbonyl (C=O) groups is 1.